The van der Waals surface area contributed by atoms with Gasteiger partial charge in [0.2, 0.25) is 0 Å². The second-order valence-electron chi connectivity index (χ2n) is 8.13. The standard InChI is InChI=1S/C22H33N5O2/c1-15(2)22-24-18(13-20(26-22)25-19-12-16(3)7-9-23-19)17-6-5-10-27(14-17)21(28)8-11-29-4/h7,9,12-13,15,17,21,28H,5-6,8,10-11,14H2,1-4H3,(H,23,24,25,26). The van der Waals surface area contributed by atoms with Crippen molar-refractivity contribution < 1.29 is 9.84 Å². The maximum absolute atomic E-state index is 10.5. The Balaban J connectivity index is 1.81. The third-order valence-electron chi connectivity index (χ3n) is 5.32. The van der Waals surface area contributed by atoms with Crippen LogP contribution in [0.2, 0.25) is 0 Å². The number of ether oxygens (including phenoxy) is 1. The van der Waals surface area contributed by atoms with Gasteiger partial charge in [-0.1, -0.05) is 13.8 Å². The van der Waals surface area contributed by atoms with Crippen LogP contribution in [0.25, 0.3) is 0 Å². The lowest BCUT2D eigenvalue weighted by molar-refractivity contribution is -0.0311. The number of piperidine rings is 1. The smallest absolute Gasteiger partial charge is 0.135 e. The second-order valence-corrected chi connectivity index (χ2v) is 8.13. The molecule has 2 atom stereocenters. The molecular weight excluding hydrogens is 366 g/mol. The Morgan fingerprint density at radius 2 is 2.10 bits per heavy atom. The van der Waals surface area contributed by atoms with Gasteiger partial charge in [-0.3, -0.25) is 4.90 Å². The van der Waals surface area contributed by atoms with E-state index in [1.54, 1.807) is 13.3 Å². The molecule has 2 aromatic heterocycles. The normalized spacial score (nSPS) is 18.8. The summed E-state index contributed by atoms with van der Waals surface area (Å²) in [6.07, 6.45) is 4.04. The Hall–Kier alpha value is -2.09. The molecule has 2 N–H and O–H groups in total. The number of methoxy groups -OCH3 is 1. The van der Waals surface area contributed by atoms with Gasteiger partial charge in [-0.2, -0.15) is 0 Å². The maximum Gasteiger partial charge on any atom is 0.135 e. The number of pyridine rings is 1. The predicted molar refractivity (Wildman–Crippen MR) is 114 cm³/mol. The van der Waals surface area contributed by atoms with Crippen molar-refractivity contribution in [3.8, 4) is 0 Å². The van der Waals surface area contributed by atoms with Crippen molar-refractivity contribution in [2.75, 3.05) is 32.1 Å². The average Bonchev–Trinajstić information content (AvgIpc) is 2.72. The molecule has 1 aliphatic rings. The van der Waals surface area contributed by atoms with Crippen molar-refractivity contribution in [1.82, 2.24) is 19.9 Å². The van der Waals surface area contributed by atoms with Crippen molar-refractivity contribution in [3.63, 3.8) is 0 Å². The summed E-state index contributed by atoms with van der Waals surface area (Å²) in [5.74, 6) is 2.88. The first-order valence-corrected chi connectivity index (χ1v) is 10.5. The zero-order chi connectivity index (χ0) is 20.8. The highest BCUT2D eigenvalue weighted by molar-refractivity contribution is 5.53. The molecule has 2 unspecified atom stereocenters. The van der Waals surface area contributed by atoms with Crippen molar-refractivity contribution in [3.05, 3.63) is 41.5 Å². The van der Waals surface area contributed by atoms with E-state index in [0.29, 0.717) is 13.0 Å². The molecule has 0 aliphatic carbocycles. The maximum atomic E-state index is 10.5. The van der Waals surface area contributed by atoms with Gasteiger partial charge in [0.15, 0.2) is 0 Å². The first kappa shape index (κ1) is 21.6. The third kappa shape index (κ3) is 5.95. The number of aromatic nitrogens is 3. The monoisotopic (exact) mass is 399 g/mol. The summed E-state index contributed by atoms with van der Waals surface area (Å²) in [5.41, 5.74) is 2.18. The fourth-order valence-corrected chi connectivity index (χ4v) is 3.68. The minimum absolute atomic E-state index is 0.230. The average molecular weight is 400 g/mol. The summed E-state index contributed by atoms with van der Waals surface area (Å²) in [6.45, 7) is 8.52. The molecule has 0 amide bonds. The van der Waals surface area contributed by atoms with E-state index in [1.807, 2.05) is 25.1 Å². The molecule has 158 valence electrons. The predicted octanol–water partition coefficient (Wildman–Crippen LogP) is 3.58. The van der Waals surface area contributed by atoms with Gasteiger partial charge in [0, 0.05) is 57.3 Å². The zero-order valence-corrected chi connectivity index (χ0v) is 17.9. The molecule has 1 aliphatic heterocycles. The lowest BCUT2D eigenvalue weighted by Crippen LogP contribution is -2.42. The molecule has 0 spiro atoms. The van der Waals surface area contributed by atoms with E-state index < -0.39 is 6.23 Å². The highest BCUT2D eigenvalue weighted by Crippen LogP contribution is 2.29. The van der Waals surface area contributed by atoms with Crippen molar-refractivity contribution in [2.24, 2.45) is 0 Å². The van der Waals surface area contributed by atoms with Crippen LogP contribution in [0, 0.1) is 6.92 Å². The molecule has 1 fully saturated rings. The molecule has 1 saturated heterocycles. The van der Waals surface area contributed by atoms with Crippen molar-refractivity contribution in [1.29, 1.82) is 0 Å². The molecule has 3 heterocycles. The van der Waals surface area contributed by atoms with Gasteiger partial charge in [0.1, 0.15) is 23.7 Å². The van der Waals surface area contributed by atoms with Crippen LogP contribution < -0.4 is 5.32 Å². The van der Waals surface area contributed by atoms with Gasteiger partial charge in [-0.25, -0.2) is 15.0 Å². The van der Waals surface area contributed by atoms with Crippen molar-refractivity contribution in [2.45, 2.75) is 58.1 Å². The van der Waals surface area contributed by atoms with E-state index in [0.717, 1.165) is 54.6 Å². The van der Waals surface area contributed by atoms with Crippen LogP contribution in [-0.4, -0.2) is 58.0 Å². The van der Waals surface area contributed by atoms with E-state index in [1.165, 1.54) is 0 Å². The Morgan fingerprint density at radius 3 is 2.83 bits per heavy atom. The first-order valence-electron chi connectivity index (χ1n) is 10.5. The molecule has 0 radical (unpaired) electrons. The summed E-state index contributed by atoms with van der Waals surface area (Å²) < 4.78 is 5.12. The Bertz CT molecular complexity index is 799. The third-order valence-corrected chi connectivity index (χ3v) is 5.32. The summed E-state index contributed by atoms with van der Waals surface area (Å²) in [7, 11) is 1.66. The van der Waals surface area contributed by atoms with E-state index >= 15 is 0 Å². The highest BCUT2D eigenvalue weighted by Gasteiger charge is 2.27. The molecule has 0 saturated carbocycles. The van der Waals surface area contributed by atoms with Crippen LogP contribution >= 0.6 is 0 Å². The summed E-state index contributed by atoms with van der Waals surface area (Å²) in [6, 6.07) is 6.01. The van der Waals surface area contributed by atoms with Gasteiger partial charge in [-0.15, -0.1) is 0 Å². The van der Waals surface area contributed by atoms with Crippen LogP contribution in [0.15, 0.2) is 24.4 Å². The SMILES string of the molecule is COCCC(O)N1CCCC(c2cc(Nc3cc(C)ccn3)nc(C(C)C)n2)C1. The number of anilines is 2. The zero-order valence-electron chi connectivity index (χ0n) is 17.9. The number of nitrogens with one attached hydrogen (secondary N) is 1. The minimum atomic E-state index is -0.474. The molecule has 0 bridgehead atoms. The first-order chi connectivity index (χ1) is 14.0. The second kappa shape index (κ2) is 10.1. The summed E-state index contributed by atoms with van der Waals surface area (Å²) in [5, 5.41) is 13.8. The van der Waals surface area contributed by atoms with Crippen LogP contribution in [0.1, 0.15) is 62.0 Å². The van der Waals surface area contributed by atoms with E-state index in [2.05, 4.69) is 29.0 Å². The topological polar surface area (TPSA) is 83.4 Å². The molecular formula is C22H33N5O2. The molecule has 29 heavy (non-hydrogen) atoms. The number of likely N-dealkylation sites (tertiary alicyclic amines) is 1. The lowest BCUT2D eigenvalue weighted by atomic mass is 9.93. The van der Waals surface area contributed by atoms with Gasteiger partial charge in [0.25, 0.3) is 0 Å². The Labute approximate surface area is 173 Å². The van der Waals surface area contributed by atoms with E-state index in [4.69, 9.17) is 14.7 Å². The van der Waals surface area contributed by atoms with Crippen LogP contribution in [0.3, 0.4) is 0 Å². The summed E-state index contributed by atoms with van der Waals surface area (Å²) >= 11 is 0. The molecule has 7 nitrogen and oxygen atoms in total. The van der Waals surface area contributed by atoms with Gasteiger partial charge >= 0.3 is 0 Å². The number of aryl methyl sites for hydroxylation is 1. The van der Waals surface area contributed by atoms with E-state index in [-0.39, 0.29) is 11.8 Å². The molecule has 0 aromatic carbocycles. The number of hydrogen-bond acceptors (Lipinski definition) is 7. The Morgan fingerprint density at radius 1 is 1.28 bits per heavy atom. The number of hydrogen-bond donors (Lipinski definition) is 2. The number of rotatable bonds is 8. The van der Waals surface area contributed by atoms with Crippen LogP contribution in [0.5, 0.6) is 0 Å². The molecule has 2 aromatic rings. The summed E-state index contributed by atoms with van der Waals surface area (Å²) in [4.78, 5) is 16.1. The quantitative estimate of drug-likeness (QED) is 0.702. The number of aliphatic hydroxyl groups excluding tert-OH is 1. The highest BCUT2D eigenvalue weighted by atomic mass is 16.5. The number of nitrogens with zero attached hydrogens (tertiary/aromatic N) is 4. The molecule has 7 heteroatoms. The number of aliphatic hydroxyl groups is 1. The van der Waals surface area contributed by atoms with Gasteiger partial charge < -0.3 is 15.2 Å². The van der Waals surface area contributed by atoms with Crippen LogP contribution in [-0.2, 0) is 4.74 Å². The van der Waals surface area contributed by atoms with Gasteiger partial charge in [0.05, 0.1) is 5.69 Å². The fraction of sp³-hybridized carbons (Fsp3) is 0.591. The molecule has 3 rings (SSSR count). The Kier molecular flexibility index (Phi) is 7.52. The van der Waals surface area contributed by atoms with Crippen LogP contribution in [0.4, 0.5) is 11.6 Å². The van der Waals surface area contributed by atoms with E-state index in [9.17, 15) is 5.11 Å². The minimum Gasteiger partial charge on any atom is -0.385 e. The van der Waals surface area contributed by atoms with Crippen molar-refractivity contribution >= 4 is 11.6 Å². The lowest BCUT2D eigenvalue weighted by Gasteiger charge is -2.35. The fourth-order valence-electron chi connectivity index (χ4n) is 3.68. The van der Waals surface area contributed by atoms with Gasteiger partial charge in [-0.05, 0) is 37.5 Å². The largest absolute Gasteiger partial charge is 0.385 e.